The van der Waals surface area contributed by atoms with Crippen molar-refractivity contribution in [2.75, 3.05) is 11.9 Å². The van der Waals surface area contributed by atoms with Crippen LogP contribution in [0.15, 0.2) is 42.6 Å². The summed E-state index contributed by atoms with van der Waals surface area (Å²) in [7, 11) is 1.89. The summed E-state index contributed by atoms with van der Waals surface area (Å²) in [6.45, 7) is 1.91. The molecule has 1 aromatic heterocycles. The lowest BCUT2D eigenvalue weighted by atomic mass is 10.2. The molecule has 100 valence electrons. The number of pyridine rings is 1. The van der Waals surface area contributed by atoms with Crippen molar-refractivity contribution in [3.05, 3.63) is 54.1 Å². The van der Waals surface area contributed by atoms with Crippen molar-refractivity contribution < 1.29 is 9.50 Å². The Labute approximate surface area is 112 Å². The van der Waals surface area contributed by atoms with E-state index in [0.717, 1.165) is 11.4 Å². The van der Waals surface area contributed by atoms with Gasteiger partial charge in [-0.05, 0) is 42.8 Å². The lowest BCUT2D eigenvalue weighted by Crippen LogP contribution is -2.10. The van der Waals surface area contributed by atoms with E-state index in [9.17, 15) is 9.50 Å². The number of aliphatic hydroxyl groups excluding tert-OH is 1. The Kier molecular flexibility index (Phi) is 4.12. The summed E-state index contributed by atoms with van der Waals surface area (Å²) in [5, 5.41) is 9.69. The number of halogens is 1. The molecule has 0 aliphatic carbocycles. The van der Waals surface area contributed by atoms with Crippen molar-refractivity contribution in [1.29, 1.82) is 0 Å². The second-order valence-electron chi connectivity index (χ2n) is 4.40. The summed E-state index contributed by atoms with van der Waals surface area (Å²) in [5.41, 5.74) is 2.43. The number of aliphatic hydroxyl groups is 1. The van der Waals surface area contributed by atoms with E-state index in [1.807, 2.05) is 31.0 Å². The van der Waals surface area contributed by atoms with Crippen LogP contribution in [0.5, 0.6) is 0 Å². The number of hydrogen-bond acceptors (Lipinski definition) is 3. The first-order valence-electron chi connectivity index (χ1n) is 6.25. The zero-order valence-corrected chi connectivity index (χ0v) is 11.0. The fraction of sp³-hybridized carbons (Fsp3) is 0.267. The van der Waals surface area contributed by atoms with Gasteiger partial charge in [0.15, 0.2) is 0 Å². The van der Waals surface area contributed by atoms with Gasteiger partial charge >= 0.3 is 0 Å². The third-order valence-electron chi connectivity index (χ3n) is 3.10. The Morgan fingerprint density at radius 1 is 1.16 bits per heavy atom. The lowest BCUT2D eigenvalue weighted by molar-refractivity contribution is 0.169. The number of hydrogen-bond donors (Lipinski definition) is 1. The van der Waals surface area contributed by atoms with E-state index in [0.29, 0.717) is 12.1 Å². The van der Waals surface area contributed by atoms with Gasteiger partial charge in [-0.2, -0.15) is 0 Å². The monoisotopic (exact) mass is 260 g/mol. The maximum Gasteiger partial charge on any atom is 0.123 e. The molecule has 0 fully saturated rings. The summed E-state index contributed by atoms with van der Waals surface area (Å²) in [5.74, 6) is -0.253. The number of nitrogens with zero attached hydrogens (tertiary/aromatic N) is 2. The molecule has 1 aromatic carbocycles. The van der Waals surface area contributed by atoms with Crippen LogP contribution >= 0.6 is 0 Å². The molecule has 3 nitrogen and oxygen atoms in total. The molecule has 0 bridgehead atoms. The highest BCUT2D eigenvalue weighted by Crippen LogP contribution is 2.24. The fourth-order valence-electron chi connectivity index (χ4n) is 1.82. The Morgan fingerprint density at radius 2 is 1.79 bits per heavy atom. The van der Waals surface area contributed by atoms with Crippen LogP contribution in [0.3, 0.4) is 0 Å². The first-order valence-corrected chi connectivity index (χ1v) is 6.25. The van der Waals surface area contributed by atoms with E-state index >= 15 is 0 Å². The third kappa shape index (κ3) is 3.09. The van der Waals surface area contributed by atoms with Crippen molar-refractivity contribution in [3.63, 3.8) is 0 Å². The fourth-order valence-corrected chi connectivity index (χ4v) is 1.82. The normalized spacial score (nSPS) is 12.2. The molecule has 2 aromatic rings. The van der Waals surface area contributed by atoms with Gasteiger partial charge in [-0.25, -0.2) is 4.39 Å². The molecule has 0 unspecified atom stereocenters. The maximum atomic E-state index is 12.9. The Balaban J connectivity index is 2.19. The SMILES string of the molecule is CC[C@H](O)c1ccc(N(C)c2ccc(F)cc2)cn1. The summed E-state index contributed by atoms with van der Waals surface area (Å²) in [4.78, 5) is 6.16. The Hall–Kier alpha value is -1.94. The molecule has 4 heteroatoms. The molecule has 0 radical (unpaired) electrons. The van der Waals surface area contributed by atoms with Gasteiger partial charge in [0.25, 0.3) is 0 Å². The molecule has 1 heterocycles. The van der Waals surface area contributed by atoms with Crippen LogP contribution in [0, 0.1) is 5.82 Å². The zero-order chi connectivity index (χ0) is 13.8. The Morgan fingerprint density at radius 3 is 2.32 bits per heavy atom. The zero-order valence-electron chi connectivity index (χ0n) is 11.0. The van der Waals surface area contributed by atoms with Gasteiger partial charge < -0.3 is 10.0 Å². The molecule has 0 saturated heterocycles. The van der Waals surface area contributed by atoms with Crippen LogP contribution in [-0.4, -0.2) is 17.1 Å². The van der Waals surface area contributed by atoms with Crippen molar-refractivity contribution in [3.8, 4) is 0 Å². The van der Waals surface area contributed by atoms with Crippen LogP contribution in [0.1, 0.15) is 25.1 Å². The summed E-state index contributed by atoms with van der Waals surface area (Å²) >= 11 is 0. The van der Waals surface area contributed by atoms with Crippen LogP contribution < -0.4 is 4.90 Å². The quantitative estimate of drug-likeness (QED) is 0.915. The summed E-state index contributed by atoms with van der Waals surface area (Å²) < 4.78 is 12.9. The largest absolute Gasteiger partial charge is 0.387 e. The minimum absolute atomic E-state index is 0.253. The van der Waals surface area contributed by atoms with Gasteiger partial charge in [0, 0.05) is 12.7 Å². The summed E-state index contributed by atoms with van der Waals surface area (Å²) in [6, 6.07) is 9.98. The van der Waals surface area contributed by atoms with Gasteiger partial charge in [0.2, 0.25) is 0 Å². The maximum absolute atomic E-state index is 12.9. The van der Waals surface area contributed by atoms with E-state index in [2.05, 4.69) is 4.98 Å². The van der Waals surface area contributed by atoms with Gasteiger partial charge in [0.05, 0.1) is 23.7 Å². The first-order chi connectivity index (χ1) is 9.11. The highest BCUT2D eigenvalue weighted by molar-refractivity contribution is 5.61. The average Bonchev–Trinajstić information content (AvgIpc) is 2.46. The van der Waals surface area contributed by atoms with E-state index in [-0.39, 0.29) is 5.82 Å². The van der Waals surface area contributed by atoms with Crippen molar-refractivity contribution >= 4 is 11.4 Å². The molecule has 0 aliphatic rings. The number of rotatable bonds is 4. The minimum atomic E-state index is -0.523. The van der Waals surface area contributed by atoms with E-state index in [4.69, 9.17) is 0 Å². The van der Waals surface area contributed by atoms with Gasteiger partial charge in [-0.1, -0.05) is 6.92 Å². The molecule has 0 saturated carbocycles. The van der Waals surface area contributed by atoms with Gasteiger partial charge in [0.1, 0.15) is 5.82 Å². The van der Waals surface area contributed by atoms with E-state index in [1.54, 1.807) is 18.3 Å². The highest BCUT2D eigenvalue weighted by atomic mass is 19.1. The minimum Gasteiger partial charge on any atom is -0.387 e. The molecule has 0 aliphatic heterocycles. The standard InChI is InChI=1S/C15H17FN2O/c1-3-15(19)14-9-8-13(10-17-14)18(2)12-6-4-11(16)5-7-12/h4-10,15,19H,3H2,1-2H3/t15-/m0/s1. The molecule has 2 rings (SSSR count). The smallest absolute Gasteiger partial charge is 0.123 e. The topological polar surface area (TPSA) is 36.4 Å². The van der Waals surface area contributed by atoms with Crippen molar-refractivity contribution in [2.24, 2.45) is 0 Å². The third-order valence-corrected chi connectivity index (χ3v) is 3.10. The molecule has 1 N–H and O–H groups in total. The molecule has 0 amide bonds. The molecular formula is C15H17FN2O. The Bertz CT molecular complexity index is 525. The molecule has 0 spiro atoms. The molecule has 19 heavy (non-hydrogen) atoms. The van der Waals surface area contributed by atoms with Gasteiger partial charge in [-0.3, -0.25) is 4.98 Å². The second-order valence-corrected chi connectivity index (χ2v) is 4.40. The van der Waals surface area contributed by atoms with Crippen LogP contribution in [-0.2, 0) is 0 Å². The number of anilines is 2. The van der Waals surface area contributed by atoms with Gasteiger partial charge in [-0.15, -0.1) is 0 Å². The number of benzene rings is 1. The molecular weight excluding hydrogens is 243 g/mol. The average molecular weight is 260 g/mol. The highest BCUT2D eigenvalue weighted by Gasteiger charge is 2.08. The first kappa shape index (κ1) is 13.5. The van der Waals surface area contributed by atoms with Crippen LogP contribution in [0.25, 0.3) is 0 Å². The molecule has 1 atom stereocenters. The van der Waals surface area contributed by atoms with Crippen LogP contribution in [0.4, 0.5) is 15.8 Å². The predicted molar refractivity (Wildman–Crippen MR) is 74.0 cm³/mol. The van der Waals surface area contributed by atoms with E-state index < -0.39 is 6.10 Å². The van der Waals surface area contributed by atoms with Crippen LogP contribution in [0.2, 0.25) is 0 Å². The summed E-state index contributed by atoms with van der Waals surface area (Å²) in [6.07, 6.45) is 1.82. The van der Waals surface area contributed by atoms with Crippen molar-refractivity contribution in [1.82, 2.24) is 4.98 Å². The van der Waals surface area contributed by atoms with Crippen molar-refractivity contribution in [2.45, 2.75) is 19.4 Å². The number of aromatic nitrogens is 1. The lowest BCUT2D eigenvalue weighted by Gasteiger charge is -2.19. The van der Waals surface area contributed by atoms with E-state index in [1.165, 1.54) is 12.1 Å². The predicted octanol–water partition coefficient (Wildman–Crippen LogP) is 3.43. The second kappa shape index (κ2) is 5.80.